The quantitative estimate of drug-likeness (QED) is 0.821. The normalized spacial score (nSPS) is 17.4. The lowest BCUT2D eigenvalue weighted by molar-refractivity contribution is 0.124. The lowest BCUT2D eigenvalue weighted by atomic mass is 9.88. The van der Waals surface area contributed by atoms with Gasteiger partial charge in [0.25, 0.3) is 0 Å². The number of anilines is 1. The molecule has 2 N–H and O–H groups in total. The van der Waals surface area contributed by atoms with Crippen LogP contribution in [0, 0.1) is 11.8 Å². The highest BCUT2D eigenvalue weighted by molar-refractivity contribution is 5.26. The third-order valence-corrected chi connectivity index (χ3v) is 4.02. The van der Waals surface area contributed by atoms with Crippen molar-refractivity contribution in [2.75, 3.05) is 31.2 Å². The Morgan fingerprint density at radius 3 is 2.40 bits per heavy atom. The van der Waals surface area contributed by atoms with Crippen molar-refractivity contribution in [1.82, 2.24) is 10.1 Å². The SMILES string of the molecule is CC(C)c1noc(N2CCC(CC(CO)CO)CC2)n1. The molecule has 1 aromatic rings. The van der Waals surface area contributed by atoms with Crippen molar-refractivity contribution in [2.24, 2.45) is 11.8 Å². The molecule has 6 heteroatoms. The van der Waals surface area contributed by atoms with Crippen LogP contribution < -0.4 is 4.90 Å². The fourth-order valence-electron chi connectivity index (χ4n) is 2.63. The van der Waals surface area contributed by atoms with E-state index in [0.29, 0.717) is 11.9 Å². The zero-order valence-electron chi connectivity index (χ0n) is 12.3. The minimum absolute atomic E-state index is 0.0162. The molecule has 6 nitrogen and oxygen atoms in total. The van der Waals surface area contributed by atoms with Crippen molar-refractivity contribution < 1.29 is 14.7 Å². The van der Waals surface area contributed by atoms with Crippen LogP contribution in [-0.2, 0) is 0 Å². The summed E-state index contributed by atoms with van der Waals surface area (Å²) in [5.41, 5.74) is 0. The highest BCUT2D eigenvalue weighted by Gasteiger charge is 2.25. The van der Waals surface area contributed by atoms with Crippen LogP contribution in [0.25, 0.3) is 0 Å². The Balaban J connectivity index is 1.84. The summed E-state index contributed by atoms with van der Waals surface area (Å²) in [6, 6.07) is 0.619. The first kappa shape index (κ1) is 15.3. The molecule has 0 amide bonds. The van der Waals surface area contributed by atoms with Crippen molar-refractivity contribution in [1.29, 1.82) is 0 Å². The highest BCUT2D eigenvalue weighted by Crippen LogP contribution is 2.27. The number of aliphatic hydroxyl groups excluding tert-OH is 2. The van der Waals surface area contributed by atoms with Gasteiger partial charge in [0.1, 0.15) is 0 Å². The summed E-state index contributed by atoms with van der Waals surface area (Å²) >= 11 is 0. The van der Waals surface area contributed by atoms with Crippen molar-refractivity contribution in [3.05, 3.63) is 5.82 Å². The predicted octanol–water partition coefficient (Wildman–Crippen LogP) is 1.40. The molecule has 1 aliphatic rings. The molecule has 1 fully saturated rings. The van der Waals surface area contributed by atoms with Gasteiger partial charge in [-0.2, -0.15) is 4.98 Å². The monoisotopic (exact) mass is 283 g/mol. The molecule has 0 aliphatic carbocycles. The molecule has 0 saturated carbocycles. The fourth-order valence-corrected chi connectivity index (χ4v) is 2.63. The Morgan fingerprint density at radius 1 is 1.25 bits per heavy atom. The zero-order chi connectivity index (χ0) is 14.5. The van der Waals surface area contributed by atoms with Crippen LogP contribution in [0.4, 0.5) is 6.01 Å². The maximum absolute atomic E-state index is 9.14. The molecule has 0 radical (unpaired) electrons. The van der Waals surface area contributed by atoms with Crippen LogP contribution in [0.2, 0.25) is 0 Å². The highest BCUT2D eigenvalue weighted by atomic mass is 16.5. The molecule has 0 atom stereocenters. The van der Waals surface area contributed by atoms with Gasteiger partial charge in [-0.1, -0.05) is 19.0 Å². The molecule has 0 bridgehead atoms. The fraction of sp³-hybridized carbons (Fsp3) is 0.857. The predicted molar refractivity (Wildman–Crippen MR) is 75.6 cm³/mol. The molecule has 1 aliphatic heterocycles. The van der Waals surface area contributed by atoms with Gasteiger partial charge in [-0.25, -0.2) is 0 Å². The lowest BCUT2D eigenvalue weighted by Crippen LogP contribution is -2.35. The van der Waals surface area contributed by atoms with E-state index in [4.69, 9.17) is 14.7 Å². The van der Waals surface area contributed by atoms with E-state index in [1.54, 1.807) is 0 Å². The Bertz CT molecular complexity index is 396. The number of hydrogen-bond acceptors (Lipinski definition) is 6. The van der Waals surface area contributed by atoms with Gasteiger partial charge in [-0.3, -0.25) is 0 Å². The first-order chi connectivity index (χ1) is 9.63. The average molecular weight is 283 g/mol. The first-order valence-corrected chi connectivity index (χ1v) is 7.44. The topological polar surface area (TPSA) is 82.6 Å². The van der Waals surface area contributed by atoms with Crippen molar-refractivity contribution in [3.8, 4) is 0 Å². The van der Waals surface area contributed by atoms with E-state index in [-0.39, 0.29) is 25.0 Å². The van der Waals surface area contributed by atoms with Gasteiger partial charge >= 0.3 is 6.01 Å². The second-order valence-corrected chi connectivity index (χ2v) is 5.99. The average Bonchev–Trinajstić information content (AvgIpc) is 2.95. The summed E-state index contributed by atoms with van der Waals surface area (Å²) in [5.74, 6) is 1.60. The first-order valence-electron chi connectivity index (χ1n) is 7.44. The molecule has 114 valence electrons. The Labute approximate surface area is 119 Å². The van der Waals surface area contributed by atoms with Gasteiger partial charge in [0.05, 0.1) is 0 Å². The van der Waals surface area contributed by atoms with Gasteiger partial charge in [0.15, 0.2) is 5.82 Å². The molecule has 0 spiro atoms. The van der Waals surface area contributed by atoms with Crippen LogP contribution >= 0.6 is 0 Å². The van der Waals surface area contributed by atoms with Crippen LogP contribution in [0.15, 0.2) is 4.52 Å². The molecule has 0 unspecified atom stereocenters. The Kier molecular flexibility index (Phi) is 5.37. The van der Waals surface area contributed by atoms with E-state index >= 15 is 0 Å². The third kappa shape index (κ3) is 3.70. The summed E-state index contributed by atoms with van der Waals surface area (Å²) in [4.78, 5) is 6.55. The molecule has 1 aromatic heterocycles. The molecular formula is C14H25N3O3. The number of aromatic nitrogens is 2. The second-order valence-electron chi connectivity index (χ2n) is 5.99. The van der Waals surface area contributed by atoms with Gasteiger partial charge in [0, 0.05) is 38.1 Å². The molecule has 0 aromatic carbocycles. The number of nitrogens with zero attached hydrogens (tertiary/aromatic N) is 3. The van der Waals surface area contributed by atoms with Crippen LogP contribution in [0.1, 0.15) is 44.9 Å². The van der Waals surface area contributed by atoms with Crippen LogP contribution in [0.3, 0.4) is 0 Å². The zero-order valence-corrected chi connectivity index (χ0v) is 12.3. The molecule has 2 heterocycles. The van der Waals surface area contributed by atoms with Crippen LogP contribution in [0.5, 0.6) is 0 Å². The van der Waals surface area contributed by atoms with E-state index in [1.165, 1.54) is 0 Å². The number of aliphatic hydroxyl groups is 2. The Hall–Kier alpha value is -1.14. The number of rotatable bonds is 6. The van der Waals surface area contributed by atoms with E-state index in [1.807, 2.05) is 13.8 Å². The lowest BCUT2D eigenvalue weighted by Gasteiger charge is -2.31. The molecule has 1 saturated heterocycles. The van der Waals surface area contributed by atoms with Gasteiger partial charge in [0.2, 0.25) is 0 Å². The van der Waals surface area contributed by atoms with E-state index in [2.05, 4.69) is 15.0 Å². The van der Waals surface area contributed by atoms with Gasteiger partial charge < -0.3 is 19.6 Å². The minimum atomic E-state index is 0.0162. The second kappa shape index (κ2) is 7.04. The maximum atomic E-state index is 9.14. The number of piperidine rings is 1. The summed E-state index contributed by atoms with van der Waals surface area (Å²) in [5, 5.41) is 22.3. The van der Waals surface area contributed by atoms with Crippen molar-refractivity contribution >= 4 is 6.01 Å². The Morgan fingerprint density at radius 2 is 1.90 bits per heavy atom. The molecule has 2 rings (SSSR count). The maximum Gasteiger partial charge on any atom is 0.324 e. The van der Waals surface area contributed by atoms with E-state index in [9.17, 15) is 0 Å². The smallest absolute Gasteiger partial charge is 0.324 e. The third-order valence-electron chi connectivity index (χ3n) is 4.02. The summed E-state index contributed by atoms with van der Waals surface area (Å²) in [7, 11) is 0. The van der Waals surface area contributed by atoms with Gasteiger partial charge in [-0.05, 0) is 25.2 Å². The summed E-state index contributed by atoms with van der Waals surface area (Å²) in [6.07, 6.45) is 2.97. The number of hydrogen-bond donors (Lipinski definition) is 2. The minimum Gasteiger partial charge on any atom is -0.396 e. The van der Waals surface area contributed by atoms with Gasteiger partial charge in [-0.15, -0.1) is 0 Å². The van der Waals surface area contributed by atoms with E-state index in [0.717, 1.165) is 38.2 Å². The van der Waals surface area contributed by atoms with Crippen molar-refractivity contribution in [2.45, 2.75) is 39.0 Å². The van der Waals surface area contributed by atoms with Crippen LogP contribution in [-0.4, -0.2) is 46.7 Å². The van der Waals surface area contributed by atoms with E-state index < -0.39 is 0 Å². The standard InChI is InChI=1S/C14H25N3O3/c1-10(2)13-15-14(20-16-13)17-5-3-11(4-6-17)7-12(8-18)9-19/h10-12,18-19H,3-9H2,1-2H3. The van der Waals surface area contributed by atoms with Crippen molar-refractivity contribution in [3.63, 3.8) is 0 Å². The molecule has 20 heavy (non-hydrogen) atoms. The summed E-state index contributed by atoms with van der Waals surface area (Å²) < 4.78 is 5.31. The molecular weight excluding hydrogens is 258 g/mol. The largest absolute Gasteiger partial charge is 0.396 e. The summed E-state index contributed by atoms with van der Waals surface area (Å²) in [6.45, 7) is 6.02.